The largest absolute Gasteiger partial charge is 0.487 e. The molecule has 0 unspecified atom stereocenters. The number of ether oxygens (including phenoxy) is 1. The van der Waals surface area contributed by atoms with Gasteiger partial charge in [-0.1, -0.05) is 29.3 Å². The van der Waals surface area contributed by atoms with Crippen LogP contribution in [-0.4, -0.2) is 36.1 Å². The molecular weight excluding hydrogens is 395 g/mol. The molecule has 1 saturated heterocycles. The molecule has 0 aliphatic carbocycles. The maximum absolute atomic E-state index is 6.21. The van der Waals surface area contributed by atoms with Crippen molar-refractivity contribution in [2.45, 2.75) is 6.61 Å². The summed E-state index contributed by atoms with van der Waals surface area (Å²) in [5.41, 5.74) is 2.83. The summed E-state index contributed by atoms with van der Waals surface area (Å²) in [4.78, 5) is 11.2. The van der Waals surface area contributed by atoms with E-state index in [1.165, 1.54) is 0 Å². The molecule has 0 radical (unpaired) electrons. The first kappa shape index (κ1) is 19.0. The Morgan fingerprint density at radius 1 is 0.964 bits per heavy atom. The average Bonchev–Trinajstić information content (AvgIpc) is 2.74. The topological polar surface area (TPSA) is 50.3 Å². The van der Waals surface area contributed by atoms with E-state index in [0.717, 1.165) is 48.7 Å². The van der Waals surface area contributed by atoms with Gasteiger partial charge in [0.15, 0.2) is 0 Å². The van der Waals surface area contributed by atoms with Gasteiger partial charge in [0.1, 0.15) is 18.2 Å². The fraction of sp³-hybridized carbons (Fsp3) is 0.238. The normalized spacial score (nSPS) is 14.1. The molecule has 3 aromatic rings. The number of halogens is 2. The zero-order chi connectivity index (χ0) is 19.3. The summed E-state index contributed by atoms with van der Waals surface area (Å²) in [5.74, 6) is 1.68. The number of nitrogens with one attached hydrogen (secondary N) is 1. The summed E-state index contributed by atoms with van der Waals surface area (Å²) < 4.78 is 5.87. The van der Waals surface area contributed by atoms with E-state index >= 15 is 0 Å². The maximum atomic E-state index is 6.21. The van der Waals surface area contributed by atoms with Crippen LogP contribution < -0.4 is 15.0 Å². The van der Waals surface area contributed by atoms with Gasteiger partial charge < -0.3 is 15.0 Å². The number of pyridine rings is 2. The van der Waals surface area contributed by atoms with Crippen LogP contribution in [0.15, 0.2) is 55.0 Å². The van der Waals surface area contributed by atoms with Crippen molar-refractivity contribution in [2.24, 2.45) is 0 Å². The Bertz CT molecular complexity index is 943. The van der Waals surface area contributed by atoms with Crippen LogP contribution in [0.25, 0.3) is 11.1 Å². The van der Waals surface area contributed by atoms with Gasteiger partial charge in [-0.05, 0) is 30.3 Å². The van der Waals surface area contributed by atoms with Crippen LogP contribution in [0.5, 0.6) is 5.75 Å². The van der Waals surface area contributed by atoms with E-state index in [9.17, 15) is 0 Å². The number of hydrogen-bond acceptors (Lipinski definition) is 5. The Balaban J connectivity index is 1.45. The molecule has 28 heavy (non-hydrogen) atoms. The van der Waals surface area contributed by atoms with Gasteiger partial charge in [0, 0.05) is 65.3 Å². The van der Waals surface area contributed by atoms with Crippen molar-refractivity contribution in [3.05, 3.63) is 70.6 Å². The highest BCUT2D eigenvalue weighted by Crippen LogP contribution is 2.26. The summed E-state index contributed by atoms with van der Waals surface area (Å²) in [6, 6.07) is 11.5. The van der Waals surface area contributed by atoms with Gasteiger partial charge in [0.2, 0.25) is 0 Å². The third-order valence-corrected chi connectivity index (χ3v) is 5.23. The van der Waals surface area contributed by atoms with Gasteiger partial charge in [-0.25, -0.2) is 4.98 Å². The van der Waals surface area contributed by atoms with Crippen molar-refractivity contribution in [1.29, 1.82) is 0 Å². The maximum Gasteiger partial charge on any atom is 0.138 e. The number of aromatic nitrogens is 2. The number of rotatable bonds is 5. The highest BCUT2D eigenvalue weighted by Gasteiger charge is 2.12. The van der Waals surface area contributed by atoms with E-state index in [2.05, 4.69) is 32.3 Å². The smallest absolute Gasteiger partial charge is 0.138 e. The number of hydrogen-bond donors (Lipinski definition) is 1. The number of anilines is 1. The Kier molecular flexibility index (Phi) is 5.95. The second-order valence-electron chi connectivity index (χ2n) is 6.58. The van der Waals surface area contributed by atoms with Gasteiger partial charge in [0.25, 0.3) is 0 Å². The number of piperazine rings is 1. The molecule has 7 heteroatoms. The second kappa shape index (κ2) is 8.78. The molecule has 0 amide bonds. The molecule has 0 saturated carbocycles. The Hall–Kier alpha value is -2.34. The lowest BCUT2D eigenvalue weighted by Gasteiger charge is -2.28. The Labute approximate surface area is 174 Å². The first-order chi connectivity index (χ1) is 13.7. The highest BCUT2D eigenvalue weighted by molar-refractivity contribution is 6.35. The minimum Gasteiger partial charge on any atom is -0.487 e. The van der Waals surface area contributed by atoms with Gasteiger partial charge in [-0.15, -0.1) is 0 Å². The Morgan fingerprint density at radius 3 is 2.57 bits per heavy atom. The van der Waals surface area contributed by atoms with E-state index in [1.54, 1.807) is 18.3 Å². The van der Waals surface area contributed by atoms with E-state index in [-0.39, 0.29) is 0 Å². The SMILES string of the molecule is Clc1ccc(COc2cncc(-c3ccc(N4CCNCC4)nc3)c2)c(Cl)c1. The van der Waals surface area contributed by atoms with Crippen molar-refractivity contribution in [2.75, 3.05) is 31.1 Å². The van der Waals surface area contributed by atoms with Crippen LogP contribution in [-0.2, 0) is 6.61 Å². The van der Waals surface area contributed by atoms with Crippen LogP contribution >= 0.6 is 23.2 Å². The first-order valence-electron chi connectivity index (χ1n) is 9.13. The van der Waals surface area contributed by atoms with Gasteiger partial charge >= 0.3 is 0 Å². The molecule has 1 aliphatic rings. The van der Waals surface area contributed by atoms with Crippen molar-refractivity contribution >= 4 is 29.0 Å². The molecule has 1 N–H and O–H groups in total. The molecule has 1 aliphatic heterocycles. The van der Waals surface area contributed by atoms with Gasteiger partial charge in [0.05, 0.1) is 6.20 Å². The third-order valence-electron chi connectivity index (χ3n) is 4.64. The molecule has 3 heterocycles. The van der Waals surface area contributed by atoms with Gasteiger partial charge in [-0.3, -0.25) is 4.98 Å². The number of nitrogens with zero attached hydrogens (tertiary/aromatic N) is 3. The lowest BCUT2D eigenvalue weighted by Crippen LogP contribution is -2.43. The average molecular weight is 415 g/mol. The third kappa shape index (κ3) is 4.55. The fourth-order valence-corrected chi connectivity index (χ4v) is 3.56. The summed E-state index contributed by atoms with van der Waals surface area (Å²) in [5, 5.41) is 4.54. The molecular formula is C21H20Cl2N4O. The van der Waals surface area contributed by atoms with Crippen LogP contribution in [0.3, 0.4) is 0 Å². The lowest BCUT2D eigenvalue weighted by molar-refractivity contribution is 0.305. The monoisotopic (exact) mass is 414 g/mol. The molecule has 0 spiro atoms. The lowest BCUT2D eigenvalue weighted by atomic mass is 10.1. The molecule has 0 atom stereocenters. The van der Waals surface area contributed by atoms with Crippen LogP contribution in [0.2, 0.25) is 10.0 Å². The molecule has 1 aromatic carbocycles. The van der Waals surface area contributed by atoms with Crippen molar-refractivity contribution in [3.63, 3.8) is 0 Å². The van der Waals surface area contributed by atoms with E-state index in [4.69, 9.17) is 27.9 Å². The summed E-state index contributed by atoms with van der Waals surface area (Å²) in [6.07, 6.45) is 5.38. The minimum atomic E-state index is 0.349. The standard InChI is InChI=1S/C21H20Cl2N4O/c22-18-3-1-16(20(23)10-18)14-28-19-9-17(11-25-13-19)15-2-4-21(26-12-15)27-7-5-24-6-8-27/h1-4,9-13,24H,5-8,14H2. The van der Waals surface area contributed by atoms with Crippen molar-refractivity contribution < 1.29 is 4.74 Å². The van der Waals surface area contributed by atoms with Crippen LogP contribution in [0.4, 0.5) is 5.82 Å². The fourth-order valence-electron chi connectivity index (χ4n) is 3.09. The van der Waals surface area contributed by atoms with E-state index in [1.807, 2.05) is 24.5 Å². The molecule has 2 aromatic heterocycles. The second-order valence-corrected chi connectivity index (χ2v) is 7.42. The molecule has 5 nitrogen and oxygen atoms in total. The number of benzene rings is 1. The predicted molar refractivity (Wildman–Crippen MR) is 113 cm³/mol. The summed E-state index contributed by atoms with van der Waals surface area (Å²) in [6.45, 7) is 4.28. The summed E-state index contributed by atoms with van der Waals surface area (Å²) in [7, 11) is 0. The molecule has 1 fully saturated rings. The van der Waals surface area contributed by atoms with Crippen molar-refractivity contribution in [1.82, 2.24) is 15.3 Å². The van der Waals surface area contributed by atoms with Crippen LogP contribution in [0.1, 0.15) is 5.56 Å². The first-order valence-corrected chi connectivity index (χ1v) is 9.88. The van der Waals surface area contributed by atoms with E-state index < -0.39 is 0 Å². The highest BCUT2D eigenvalue weighted by atomic mass is 35.5. The zero-order valence-electron chi connectivity index (χ0n) is 15.2. The molecule has 4 rings (SSSR count). The van der Waals surface area contributed by atoms with Gasteiger partial charge in [-0.2, -0.15) is 0 Å². The Morgan fingerprint density at radius 2 is 1.82 bits per heavy atom. The minimum absolute atomic E-state index is 0.349. The van der Waals surface area contributed by atoms with Crippen molar-refractivity contribution in [3.8, 4) is 16.9 Å². The van der Waals surface area contributed by atoms with Crippen LogP contribution in [0, 0.1) is 0 Å². The van der Waals surface area contributed by atoms with E-state index in [0.29, 0.717) is 22.4 Å². The zero-order valence-corrected chi connectivity index (χ0v) is 16.7. The predicted octanol–water partition coefficient (Wildman–Crippen LogP) is 4.44. The quantitative estimate of drug-likeness (QED) is 0.668. The molecule has 144 valence electrons. The summed E-state index contributed by atoms with van der Waals surface area (Å²) >= 11 is 12.1. The molecule has 0 bridgehead atoms.